The molecule has 3 aromatic rings. The highest BCUT2D eigenvalue weighted by molar-refractivity contribution is 5.64. The summed E-state index contributed by atoms with van der Waals surface area (Å²) >= 11 is 0. The third-order valence-corrected chi connectivity index (χ3v) is 3.59. The molecule has 124 valence electrons. The van der Waals surface area contributed by atoms with Crippen molar-refractivity contribution in [3.63, 3.8) is 0 Å². The van der Waals surface area contributed by atoms with Crippen LogP contribution in [0.4, 0.5) is 5.69 Å². The molecule has 0 atom stereocenters. The van der Waals surface area contributed by atoms with Crippen molar-refractivity contribution < 1.29 is 9.47 Å². The van der Waals surface area contributed by atoms with Gasteiger partial charge in [-0.25, -0.2) is 4.68 Å². The van der Waals surface area contributed by atoms with Crippen LogP contribution in [0, 0.1) is 0 Å². The minimum Gasteiger partial charge on any atom is -0.481 e. The summed E-state index contributed by atoms with van der Waals surface area (Å²) in [6, 6.07) is 11.7. The summed E-state index contributed by atoms with van der Waals surface area (Å²) in [4.78, 5) is 4.19. The summed E-state index contributed by atoms with van der Waals surface area (Å²) in [5, 5.41) is 11.6. The number of nitrogens with zero attached hydrogens (tertiary/aromatic N) is 4. The summed E-state index contributed by atoms with van der Waals surface area (Å²) in [6.07, 6.45) is 1.91. The maximum Gasteiger partial charge on any atom is 0.216 e. The third-order valence-electron chi connectivity index (χ3n) is 3.59. The number of methoxy groups -OCH3 is 2. The van der Waals surface area contributed by atoms with Gasteiger partial charge in [0.1, 0.15) is 5.69 Å². The zero-order chi connectivity index (χ0) is 16.9. The Labute approximate surface area is 140 Å². The molecule has 1 aromatic carbocycles. The minimum absolute atomic E-state index is 0.506. The predicted octanol–water partition coefficient (Wildman–Crippen LogP) is 2.45. The Morgan fingerprint density at radius 1 is 1.08 bits per heavy atom. The largest absolute Gasteiger partial charge is 0.481 e. The van der Waals surface area contributed by atoms with Crippen LogP contribution in [-0.4, -0.2) is 41.2 Å². The molecular weight excluding hydrogens is 306 g/mol. The number of pyridine rings is 1. The van der Waals surface area contributed by atoms with Gasteiger partial charge in [0.2, 0.25) is 11.8 Å². The number of hydrogen-bond acceptors (Lipinski definition) is 6. The van der Waals surface area contributed by atoms with Gasteiger partial charge < -0.3 is 14.8 Å². The fourth-order valence-corrected chi connectivity index (χ4v) is 2.36. The number of ether oxygens (including phenoxy) is 2. The summed E-state index contributed by atoms with van der Waals surface area (Å²) in [5.74, 6) is 1.01. The van der Waals surface area contributed by atoms with Crippen LogP contribution in [0.25, 0.3) is 11.3 Å². The van der Waals surface area contributed by atoms with E-state index in [9.17, 15) is 0 Å². The van der Waals surface area contributed by atoms with Crippen molar-refractivity contribution >= 4 is 5.69 Å². The molecule has 0 aliphatic rings. The second kappa shape index (κ2) is 6.99. The number of rotatable bonds is 6. The molecule has 2 heterocycles. The number of anilines is 1. The molecule has 0 radical (unpaired) electrons. The quantitative estimate of drug-likeness (QED) is 0.750. The molecule has 0 fully saturated rings. The molecule has 7 nitrogen and oxygen atoms in total. The highest BCUT2D eigenvalue weighted by Crippen LogP contribution is 2.21. The molecular formula is C17H19N5O2. The summed E-state index contributed by atoms with van der Waals surface area (Å²) in [6.45, 7) is 0.550. The van der Waals surface area contributed by atoms with Gasteiger partial charge in [0, 0.05) is 30.4 Å². The average Bonchev–Trinajstić information content (AvgIpc) is 3.09. The highest BCUT2D eigenvalue weighted by Gasteiger charge is 2.08. The molecule has 0 saturated carbocycles. The summed E-state index contributed by atoms with van der Waals surface area (Å²) in [7, 11) is 5.04. The highest BCUT2D eigenvalue weighted by atomic mass is 16.5. The van der Waals surface area contributed by atoms with Gasteiger partial charge in [-0.2, -0.15) is 4.98 Å². The van der Waals surface area contributed by atoms with Crippen LogP contribution in [-0.2, 0) is 6.54 Å². The zero-order valence-corrected chi connectivity index (χ0v) is 13.9. The second-order valence-corrected chi connectivity index (χ2v) is 5.19. The Morgan fingerprint density at radius 3 is 2.50 bits per heavy atom. The molecule has 0 saturated heterocycles. The number of nitrogens with one attached hydrogen (secondary N) is 1. The van der Waals surface area contributed by atoms with Crippen molar-refractivity contribution in [3.05, 3.63) is 48.2 Å². The van der Waals surface area contributed by atoms with Crippen molar-refractivity contribution in [1.82, 2.24) is 20.0 Å². The maximum absolute atomic E-state index is 5.19. The first-order valence-electron chi connectivity index (χ1n) is 7.49. The van der Waals surface area contributed by atoms with Gasteiger partial charge in [-0.1, -0.05) is 17.3 Å². The first kappa shape index (κ1) is 15.8. The third kappa shape index (κ3) is 3.45. The van der Waals surface area contributed by atoms with Crippen LogP contribution in [0.2, 0.25) is 0 Å². The molecule has 3 rings (SSSR count). The monoisotopic (exact) mass is 325 g/mol. The van der Waals surface area contributed by atoms with Crippen LogP contribution < -0.4 is 14.8 Å². The molecule has 0 bridgehead atoms. The van der Waals surface area contributed by atoms with Crippen LogP contribution >= 0.6 is 0 Å². The van der Waals surface area contributed by atoms with Gasteiger partial charge >= 0.3 is 0 Å². The lowest BCUT2D eigenvalue weighted by atomic mass is 10.1. The van der Waals surface area contributed by atoms with Crippen molar-refractivity contribution in [2.45, 2.75) is 6.54 Å². The predicted molar refractivity (Wildman–Crippen MR) is 91.4 cm³/mol. The van der Waals surface area contributed by atoms with E-state index in [4.69, 9.17) is 9.47 Å². The van der Waals surface area contributed by atoms with Gasteiger partial charge in [0.15, 0.2) is 0 Å². The normalized spacial score (nSPS) is 10.5. The lowest BCUT2D eigenvalue weighted by molar-refractivity contribution is 0.363. The van der Waals surface area contributed by atoms with Gasteiger partial charge in [0.25, 0.3) is 0 Å². The Morgan fingerprint density at radius 2 is 1.83 bits per heavy atom. The molecule has 0 amide bonds. The molecule has 2 aromatic heterocycles. The van der Waals surface area contributed by atoms with E-state index in [1.165, 1.54) is 0 Å². The molecule has 24 heavy (non-hydrogen) atoms. The lowest BCUT2D eigenvalue weighted by Gasteiger charge is -2.07. The lowest BCUT2D eigenvalue weighted by Crippen LogP contribution is -2.02. The summed E-state index contributed by atoms with van der Waals surface area (Å²) in [5.41, 5.74) is 3.84. The minimum atomic E-state index is 0.506. The smallest absolute Gasteiger partial charge is 0.216 e. The van der Waals surface area contributed by atoms with E-state index >= 15 is 0 Å². The van der Waals surface area contributed by atoms with E-state index in [0.717, 1.165) is 22.5 Å². The van der Waals surface area contributed by atoms with Crippen molar-refractivity contribution in [2.75, 3.05) is 26.6 Å². The van der Waals surface area contributed by atoms with Crippen molar-refractivity contribution in [3.8, 4) is 23.0 Å². The van der Waals surface area contributed by atoms with E-state index in [2.05, 4.69) is 20.6 Å². The van der Waals surface area contributed by atoms with E-state index in [0.29, 0.717) is 18.3 Å². The van der Waals surface area contributed by atoms with Crippen molar-refractivity contribution in [1.29, 1.82) is 0 Å². The van der Waals surface area contributed by atoms with Crippen LogP contribution in [0.3, 0.4) is 0 Å². The van der Waals surface area contributed by atoms with E-state index in [1.807, 2.05) is 49.6 Å². The Bertz CT molecular complexity index is 809. The number of aromatic nitrogens is 4. The Kier molecular flexibility index (Phi) is 4.60. The van der Waals surface area contributed by atoms with Crippen LogP contribution in [0.1, 0.15) is 5.56 Å². The van der Waals surface area contributed by atoms with Gasteiger partial charge in [0.05, 0.1) is 27.0 Å². The number of hydrogen-bond donors (Lipinski definition) is 1. The van der Waals surface area contributed by atoms with Gasteiger partial charge in [-0.15, -0.1) is 5.10 Å². The first-order chi connectivity index (χ1) is 11.7. The number of benzene rings is 1. The molecule has 0 unspecified atom stereocenters. The van der Waals surface area contributed by atoms with E-state index < -0.39 is 0 Å². The zero-order valence-electron chi connectivity index (χ0n) is 13.9. The molecule has 0 aliphatic carbocycles. The van der Waals surface area contributed by atoms with Gasteiger partial charge in [-0.3, -0.25) is 0 Å². The molecule has 7 heteroatoms. The molecule has 0 aliphatic heterocycles. The van der Waals surface area contributed by atoms with E-state index in [1.54, 1.807) is 18.9 Å². The van der Waals surface area contributed by atoms with E-state index in [-0.39, 0.29) is 0 Å². The van der Waals surface area contributed by atoms with Gasteiger partial charge in [-0.05, 0) is 17.7 Å². The standard InChI is InChI=1S/C17H19N5O2/c1-18-14-6-4-5-13(9-14)15-11-22(21-20-15)10-12-7-16(23-2)19-17(8-12)24-3/h4-9,11,18H,10H2,1-3H3. The molecule has 0 spiro atoms. The maximum atomic E-state index is 5.19. The fourth-order valence-electron chi connectivity index (χ4n) is 2.36. The van der Waals surface area contributed by atoms with Crippen LogP contribution in [0.15, 0.2) is 42.6 Å². The Hall–Kier alpha value is -3.09. The SMILES string of the molecule is CNc1cccc(-c2cn(Cc3cc(OC)nc(OC)c3)nn2)c1. The topological polar surface area (TPSA) is 74.1 Å². The van der Waals surface area contributed by atoms with Crippen LogP contribution in [0.5, 0.6) is 11.8 Å². The first-order valence-corrected chi connectivity index (χ1v) is 7.49. The fraction of sp³-hybridized carbons (Fsp3) is 0.235. The second-order valence-electron chi connectivity index (χ2n) is 5.19. The average molecular weight is 325 g/mol. The summed E-state index contributed by atoms with van der Waals surface area (Å²) < 4.78 is 12.2. The molecule has 1 N–H and O–H groups in total. The Balaban J connectivity index is 1.83. The van der Waals surface area contributed by atoms with Crippen molar-refractivity contribution in [2.24, 2.45) is 0 Å².